The molecule has 3 fully saturated rings. The molecule has 1 aromatic heterocycles. The number of ether oxygens (including phenoxy) is 3. The fraction of sp³-hybridized carbons (Fsp3) is 0.657. The fourth-order valence-electron chi connectivity index (χ4n) is 9.47. The van der Waals surface area contributed by atoms with Gasteiger partial charge in [0.25, 0.3) is 0 Å². The normalized spacial score (nSPS) is 39.7. The maximum Gasteiger partial charge on any atom is 0.246 e. The van der Waals surface area contributed by atoms with E-state index < -0.39 is 28.5 Å². The predicted octanol–water partition coefficient (Wildman–Crippen LogP) is 5.13. The second kappa shape index (κ2) is 9.74. The lowest BCUT2D eigenvalue weighted by Crippen LogP contribution is -2.75. The minimum atomic E-state index is -1.47. The molecular weight excluding hydrogens is 542 g/mol. The number of aliphatic imine (C=N–C) groups is 1. The summed E-state index contributed by atoms with van der Waals surface area (Å²) in [5.74, 6) is -0.996. The standard InChI is InChI=1S/C35H47N3O5/c1-7-15-36-25-19-26-34(42-30(25)31(3,4)43-34)14-13-32(5)33(6)21(17-23-22-11-9-10-12-24(22)38-29(23)33)18-27(35(26,32)40)41-20-28(39)37-16-8-2/h9-12,19,21,27,30,38,40H,7-8,13-18,20H2,1-6H3,(H,37,39)/t21-,27+,30+,32-,33-,34?,35+/m1/s1. The number of aromatic amines is 1. The first kappa shape index (κ1) is 29.2. The van der Waals surface area contributed by atoms with Crippen LogP contribution in [-0.2, 0) is 30.8 Å². The molecule has 1 aromatic carbocycles. The number of benzene rings is 1. The van der Waals surface area contributed by atoms with E-state index >= 15 is 0 Å². The number of amides is 1. The number of nitrogens with zero attached hydrogens (tertiary/aromatic N) is 1. The Kier molecular flexibility index (Phi) is 6.61. The molecule has 2 aromatic rings. The lowest BCUT2D eigenvalue weighted by Gasteiger charge is -2.67. The fourth-order valence-corrected chi connectivity index (χ4v) is 9.47. The van der Waals surface area contributed by atoms with Crippen LogP contribution in [-0.4, -0.2) is 70.6 Å². The Labute approximate surface area is 254 Å². The van der Waals surface area contributed by atoms with Gasteiger partial charge in [-0.2, -0.15) is 0 Å². The van der Waals surface area contributed by atoms with E-state index in [0.717, 1.165) is 30.5 Å². The van der Waals surface area contributed by atoms with Crippen LogP contribution in [0.3, 0.4) is 0 Å². The number of aliphatic hydroxyl groups is 1. The summed E-state index contributed by atoms with van der Waals surface area (Å²) in [6, 6.07) is 8.51. The van der Waals surface area contributed by atoms with E-state index in [4.69, 9.17) is 19.2 Å². The number of carbonyl (C=O) groups is 1. The monoisotopic (exact) mass is 589 g/mol. The van der Waals surface area contributed by atoms with Gasteiger partial charge in [0.15, 0.2) is 5.79 Å². The molecule has 2 bridgehead atoms. The van der Waals surface area contributed by atoms with Gasteiger partial charge < -0.3 is 29.6 Å². The van der Waals surface area contributed by atoms with Crippen molar-refractivity contribution < 1.29 is 24.1 Å². The van der Waals surface area contributed by atoms with Crippen LogP contribution in [0, 0.1) is 11.3 Å². The molecule has 7 rings (SSSR count). The molecule has 2 aliphatic heterocycles. The van der Waals surface area contributed by atoms with Gasteiger partial charge in [0.05, 0.1) is 17.4 Å². The van der Waals surface area contributed by atoms with E-state index in [1.807, 2.05) is 6.92 Å². The number of nitrogens with one attached hydrogen (secondary N) is 2. The Morgan fingerprint density at radius 2 is 1.95 bits per heavy atom. The second-order valence-electron chi connectivity index (χ2n) is 14.4. The SMILES string of the molecule is CCCN=C1C=C2C3(CC[C@]4(C)[C@@]5(C)c6[nH]c7ccccc7c6C[C@@H]5C[C@H](OCC(=O)NCCC)[C@@]24O)O[C@@H]1C(C)(C)O3. The zero-order valence-corrected chi connectivity index (χ0v) is 26.5. The molecule has 0 radical (unpaired) electrons. The summed E-state index contributed by atoms with van der Waals surface area (Å²) < 4.78 is 20.2. The zero-order valence-electron chi connectivity index (χ0n) is 26.5. The largest absolute Gasteiger partial charge is 0.382 e. The topological polar surface area (TPSA) is 105 Å². The maximum absolute atomic E-state index is 13.6. The lowest BCUT2D eigenvalue weighted by atomic mass is 9.41. The van der Waals surface area contributed by atoms with Crippen molar-refractivity contribution in [2.45, 2.75) is 115 Å². The van der Waals surface area contributed by atoms with Crippen molar-refractivity contribution >= 4 is 22.5 Å². The van der Waals surface area contributed by atoms with Gasteiger partial charge in [-0.05, 0) is 69.6 Å². The highest BCUT2D eigenvalue weighted by molar-refractivity contribution is 6.02. The van der Waals surface area contributed by atoms with Crippen molar-refractivity contribution in [1.29, 1.82) is 0 Å². The molecule has 7 atom stereocenters. The van der Waals surface area contributed by atoms with E-state index in [0.29, 0.717) is 37.9 Å². The molecule has 5 aliphatic rings. The number of H-pyrrole nitrogens is 1. The Morgan fingerprint density at radius 1 is 1.16 bits per heavy atom. The third-order valence-electron chi connectivity index (χ3n) is 11.8. The highest BCUT2D eigenvalue weighted by Gasteiger charge is 2.77. The van der Waals surface area contributed by atoms with E-state index in [2.05, 4.69) is 75.3 Å². The summed E-state index contributed by atoms with van der Waals surface area (Å²) in [5.41, 5.74) is 2.10. The minimum Gasteiger partial charge on any atom is -0.382 e. The zero-order chi connectivity index (χ0) is 30.4. The van der Waals surface area contributed by atoms with E-state index in [1.54, 1.807) is 0 Å². The average Bonchev–Trinajstić information content (AvgIpc) is 3.56. The molecule has 2 saturated carbocycles. The van der Waals surface area contributed by atoms with Gasteiger partial charge in [-0.15, -0.1) is 0 Å². The Balaban J connectivity index is 1.40. The third-order valence-corrected chi connectivity index (χ3v) is 11.8. The molecule has 1 amide bonds. The van der Waals surface area contributed by atoms with E-state index in [-0.39, 0.29) is 30.0 Å². The number of rotatable bonds is 7. The number of hydrogen-bond donors (Lipinski definition) is 3. The lowest BCUT2D eigenvalue weighted by molar-refractivity contribution is -0.278. The van der Waals surface area contributed by atoms with Crippen LogP contribution in [0.5, 0.6) is 0 Å². The van der Waals surface area contributed by atoms with Crippen LogP contribution in [0.15, 0.2) is 40.9 Å². The van der Waals surface area contributed by atoms with Crippen molar-refractivity contribution in [3.63, 3.8) is 0 Å². The van der Waals surface area contributed by atoms with Gasteiger partial charge in [-0.25, -0.2) is 0 Å². The smallest absolute Gasteiger partial charge is 0.246 e. The van der Waals surface area contributed by atoms with E-state index in [9.17, 15) is 9.90 Å². The van der Waals surface area contributed by atoms with Gasteiger partial charge in [0, 0.05) is 52.5 Å². The first-order chi connectivity index (χ1) is 20.4. The number of aromatic nitrogens is 1. The van der Waals surface area contributed by atoms with Gasteiger partial charge in [-0.3, -0.25) is 9.79 Å². The average molecular weight is 590 g/mol. The highest BCUT2D eigenvalue weighted by Crippen LogP contribution is 2.72. The molecule has 8 nitrogen and oxygen atoms in total. The van der Waals surface area contributed by atoms with Crippen molar-refractivity contribution in [2.24, 2.45) is 16.3 Å². The summed E-state index contributed by atoms with van der Waals surface area (Å²) in [4.78, 5) is 21.6. The summed E-state index contributed by atoms with van der Waals surface area (Å²) >= 11 is 0. The van der Waals surface area contributed by atoms with E-state index in [1.165, 1.54) is 16.6 Å². The predicted molar refractivity (Wildman–Crippen MR) is 166 cm³/mol. The molecule has 232 valence electrons. The molecule has 1 saturated heterocycles. The van der Waals surface area contributed by atoms with Crippen LogP contribution in [0.4, 0.5) is 0 Å². The number of hydrogen-bond acceptors (Lipinski definition) is 6. The molecule has 3 heterocycles. The molecule has 1 unspecified atom stereocenters. The van der Waals surface area contributed by atoms with Crippen molar-refractivity contribution in [2.75, 3.05) is 19.7 Å². The third kappa shape index (κ3) is 3.76. The second-order valence-corrected chi connectivity index (χ2v) is 14.4. The molecule has 1 spiro atoms. The van der Waals surface area contributed by atoms with Crippen LogP contribution in [0.2, 0.25) is 0 Å². The quantitative estimate of drug-likeness (QED) is 0.416. The van der Waals surface area contributed by atoms with Gasteiger partial charge in [-0.1, -0.05) is 45.9 Å². The minimum absolute atomic E-state index is 0.104. The van der Waals surface area contributed by atoms with Gasteiger partial charge in [0.1, 0.15) is 18.3 Å². The van der Waals surface area contributed by atoms with Crippen LogP contribution < -0.4 is 5.32 Å². The first-order valence-corrected chi connectivity index (χ1v) is 16.3. The van der Waals surface area contributed by atoms with Gasteiger partial charge in [0.2, 0.25) is 5.91 Å². The Bertz CT molecular complexity index is 1530. The number of carbonyl (C=O) groups excluding carboxylic acids is 1. The van der Waals surface area contributed by atoms with Crippen molar-refractivity contribution in [3.8, 4) is 0 Å². The van der Waals surface area contributed by atoms with Crippen molar-refractivity contribution in [1.82, 2.24) is 10.3 Å². The summed E-state index contributed by atoms with van der Waals surface area (Å²) in [5, 5.41) is 17.8. The van der Waals surface area contributed by atoms with Crippen LogP contribution in [0.25, 0.3) is 10.9 Å². The Hall–Kier alpha value is -2.52. The Morgan fingerprint density at radius 3 is 2.72 bits per heavy atom. The summed E-state index contributed by atoms with van der Waals surface area (Å²) in [6.45, 7) is 14.0. The summed E-state index contributed by atoms with van der Waals surface area (Å²) in [6.07, 6.45) is 5.72. The molecule has 8 heteroatoms. The molecular formula is C35H47N3O5. The van der Waals surface area contributed by atoms with Crippen molar-refractivity contribution in [3.05, 3.63) is 47.2 Å². The van der Waals surface area contributed by atoms with Crippen LogP contribution >= 0.6 is 0 Å². The maximum atomic E-state index is 13.6. The van der Waals surface area contributed by atoms with Gasteiger partial charge >= 0.3 is 0 Å². The van der Waals surface area contributed by atoms with Crippen LogP contribution in [0.1, 0.15) is 84.9 Å². The summed E-state index contributed by atoms with van der Waals surface area (Å²) in [7, 11) is 0. The number of para-hydroxylation sites is 1. The molecule has 43 heavy (non-hydrogen) atoms. The highest BCUT2D eigenvalue weighted by atomic mass is 16.8. The molecule has 3 N–H and O–H groups in total. The number of fused-ring (bicyclic) bond motifs is 9. The molecule has 3 aliphatic carbocycles. The first-order valence-electron chi connectivity index (χ1n) is 16.3.